The lowest BCUT2D eigenvalue weighted by Gasteiger charge is -2.52. The first-order valence-corrected chi connectivity index (χ1v) is 10.9. The van der Waals surface area contributed by atoms with Crippen LogP contribution in [0.15, 0.2) is 0 Å². The summed E-state index contributed by atoms with van der Waals surface area (Å²) in [5.41, 5.74) is 0.199. The van der Waals surface area contributed by atoms with Gasteiger partial charge >= 0.3 is 12.1 Å². The predicted octanol–water partition coefficient (Wildman–Crippen LogP) is 2.67. The minimum absolute atomic E-state index is 0.168. The summed E-state index contributed by atoms with van der Waals surface area (Å²) in [6, 6.07) is 0.376. The van der Waals surface area contributed by atoms with Gasteiger partial charge in [0, 0.05) is 31.7 Å². The molecule has 1 spiro atoms. The number of hydrogen-bond acceptors (Lipinski definition) is 3. The fourth-order valence-corrected chi connectivity index (χ4v) is 6.10. The molecule has 3 saturated heterocycles. The quantitative estimate of drug-likeness (QED) is 0.742. The second-order valence-corrected chi connectivity index (χ2v) is 9.37. The van der Waals surface area contributed by atoms with Crippen LogP contribution in [0.4, 0.5) is 18.4 Å². The van der Waals surface area contributed by atoms with Crippen LogP contribution in [0, 0.1) is 11.3 Å². The molecule has 7 nitrogen and oxygen atoms in total. The summed E-state index contributed by atoms with van der Waals surface area (Å²) < 4.78 is 24.8. The minimum atomic E-state index is -2.52. The molecule has 2 N–H and O–H groups in total. The normalized spacial score (nSPS) is 33.5. The highest BCUT2D eigenvalue weighted by molar-refractivity contribution is 5.74. The average molecular weight is 414 g/mol. The van der Waals surface area contributed by atoms with Crippen LogP contribution in [-0.2, 0) is 0 Å². The monoisotopic (exact) mass is 414 g/mol. The number of urea groups is 1. The van der Waals surface area contributed by atoms with E-state index in [9.17, 15) is 23.5 Å². The molecule has 3 amide bonds. The summed E-state index contributed by atoms with van der Waals surface area (Å²) in [4.78, 5) is 29.3. The van der Waals surface area contributed by atoms with E-state index in [2.05, 4.69) is 10.2 Å². The summed E-state index contributed by atoms with van der Waals surface area (Å²) in [6.07, 6.45) is 3.82. The van der Waals surface area contributed by atoms with Gasteiger partial charge in [0.1, 0.15) is 0 Å². The standard InChI is InChI=1S/C20H32F2N4O3/c21-17(22)12-23-18(27)26-6-1-2-16(26)14-3-7-24(8-4-14)15-10-20(11-15)5-9-25(13-20)19(28)29/h14-17H,1-13H2,(H,23,27)(H,28,29)/t15?,16-,20?/m0/s1. The zero-order chi connectivity index (χ0) is 20.6. The van der Waals surface area contributed by atoms with Gasteiger partial charge in [0.2, 0.25) is 0 Å². The zero-order valence-corrected chi connectivity index (χ0v) is 16.9. The minimum Gasteiger partial charge on any atom is -0.465 e. The lowest BCUT2D eigenvalue weighted by Crippen LogP contribution is -2.55. The molecule has 4 rings (SSSR count). The fraction of sp³-hybridized carbons (Fsp3) is 0.900. The lowest BCUT2D eigenvalue weighted by atomic mass is 9.64. The molecule has 0 aromatic rings. The molecule has 3 heterocycles. The van der Waals surface area contributed by atoms with Crippen LogP contribution in [-0.4, -0.2) is 89.7 Å². The molecule has 1 aliphatic carbocycles. The van der Waals surface area contributed by atoms with Crippen molar-refractivity contribution in [2.75, 3.05) is 39.3 Å². The zero-order valence-electron chi connectivity index (χ0n) is 16.9. The molecule has 4 fully saturated rings. The molecule has 164 valence electrons. The number of carbonyl (C=O) groups excluding carboxylic acids is 1. The van der Waals surface area contributed by atoms with Crippen LogP contribution in [0.25, 0.3) is 0 Å². The van der Waals surface area contributed by atoms with Crippen molar-refractivity contribution in [2.45, 2.75) is 63.5 Å². The van der Waals surface area contributed by atoms with E-state index in [1.807, 2.05) is 0 Å². The number of carbonyl (C=O) groups is 2. The van der Waals surface area contributed by atoms with E-state index in [4.69, 9.17) is 0 Å². The topological polar surface area (TPSA) is 76.1 Å². The Labute approximate surface area is 170 Å². The summed E-state index contributed by atoms with van der Waals surface area (Å²) in [7, 11) is 0. The second-order valence-electron chi connectivity index (χ2n) is 9.37. The Morgan fingerprint density at radius 2 is 1.83 bits per heavy atom. The van der Waals surface area contributed by atoms with E-state index in [0.717, 1.165) is 58.0 Å². The van der Waals surface area contributed by atoms with Crippen molar-refractivity contribution in [3.8, 4) is 0 Å². The summed E-state index contributed by atoms with van der Waals surface area (Å²) in [6.45, 7) is 3.44. The van der Waals surface area contributed by atoms with Crippen molar-refractivity contribution in [3.63, 3.8) is 0 Å². The largest absolute Gasteiger partial charge is 0.465 e. The summed E-state index contributed by atoms with van der Waals surface area (Å²) >= 11 is 0. The van der Waals surface area contributed by atoms with Gasteiger partial charge in [-0.25, -0.2) is 18.4 Å². The average Bonchev–Trinajstić information content (AvgIpc) is 3.32. The Hall–Kier alpha value is -1.64. The van der Waals surface area contributed by atoms with Crippen LogP contribution in [0.5, 0.6) is 0 Å². The van der Waals surface area contributed by atoms with Gasteiger partial charge in [-0.2, -0.15) is 0 Å². The number of alkyl halides is 2. The number of carboxylic acid groups (broad SMARTS) is 1. The smallest absolute Gasteiger partial charge is 0.407 e. The van der Waals surface area contributed by atoms with Gasteiger partial charge in [0.15, 0.2) is 0 Å². The van der Waals surface area contributed by atoms with Crippen LogP contribution < -0.4 is 5.32 Å². The lowest BCUT2D eigenvalue weighted by molar-refractivity contribution is -0.0138. The van der Waals surface area contributed by atoms with Gasteiger partial charge in [-0.1, -0.05) is 0 Å². The molecular formula is C20H32F2N4O3. The Morgan fingerprint density at radius 3 is 2.45 bits per heavy atom. The van der Waals surface area contributed by atoms with Crippen molar-refractivity contribution >= 4 is 12.1 Å². The molecule has 9 heteroatoms. The molecule has 0 radical (unpaired) electrons. The van der Waals surface area contributed by atoms with Crippen molar-refractivity contribution in [3.05, 3.63) is 0 Å². The predicted molar refractivity (Wildman–Crippen MR) is 103 cm³/mol. The van der Waals surface area contributed by atoms with Gasteiger partial charge < -0.3 is 25.1 Å². The van der Waals surface area contributed by atoms with Crippen molar-refractivity contribution in [1.82, 2.24) is 20.0 Å². The highest BCUT2D eigenvalue weighted by Crippen LogP contribution is 2.50. The molecule has 0 bridgehead atoms. The number of piperidine rings is 1. The molecule has 29 heavy (non-hydrogen) atoms. The first-order valence-electron chi connectivity index (χ1n) is 10.9. The highest BCUT2D eigenvalue weighted by Gasteiger charge is 2.51. The first kappa shape index (κ1) is 20.6. The number of halogens is 2. The van der Waals surface area contributed by atoms with Crippen molar-refractivity contribution in [1.29, 1.82) is 0 Å². The number of hydrogen-bond donors (Lipinski definition) is 2. The fourth-order valence-electron chi connectivity index (χ4n) is 6.10. The highest BCUT2D eigenvalue weighted by atomic mass is 19.3. The number of rotatable bonds is 4. The maximum absolute atomic E-state index is 12.4. The maximum Gasteiger partial charge on any atom is 0.407 e. The SMILES string of the molecule is O=C(O)N1CCC2(CC(N3CCC([C@@H]4CCCN4C(=O)NCC(F)F)CC3)C2)C1. The van der Waals surface area contributed by atoms with E-state index in [-0.39, 0.29) is 17.5 Å². The Bertz CT molecular complexity index is 621. The van der Waals surface area contributed by atoms with Crippen molar-refractivity contribution in [2.24, 2.45) is 11.3 Å². The molecule has 1 saturated carbocycles. The number of amides is 3. The van der Waals surface area contributed by atoms with E-state index < -0.39 is 19.1 Å². The Kier molecular flexibility index (Phi) is 5.86. The van der Waals surface area contributed by atoms with Crippen LogP contribution in [0.3, 0.4) is 0 Å². The van der Waals surface area contributed by atoms with Crippen LogP contribution >= 0.6 is 0 Å². The molecule has 3 aliphatic heterocycles. The van der Waals surface area contributed by atoms with E-state index in [0.29, 0.717) is 31.6 Å². The third kappa shape index (κ3) is 4.29. The number of nitrogens with one attached hydrogen (secondary N) is 1. The molecule has 0 unspecified atom stereocenters. The third-order valence-corrected chi connectivity index (χ3v) is 7.65. The molecule has 0 aromatic carbocycles. The van der Waals surface area contributed by atoms with Crippen LogP contribution in [0.2, 0.25) is 0 Å². The first-order chi connectivity index (χ1) is 13.9. The van der Waals surface area contributed by atoms with E-state index in [1.165, 1.54) is 0 Å². The Morgan fingerprint density at radius 1 is 1.10 bits per heavy atom. The van der Waals surface area contributed by atoms with Crippen LogP contribution in [0.1, 0.15) is 44.9 Å². The number of nitrogens with zero attached hydrogens (tertiary/aromatic N) is 3. The van der Waals surface area contributed by atoms with Gasteiger partial charge in [-0.05, 0) is 69.4 Å². The van der Waals surface area contributed by atoms with E-state index in [1.54, 1.807) is 9.80 Å². The summed E-state index contributed by atoms with van der Waals surface area (Å²) in [5, 5.41) is 11.5. The van der Waals surface area contributed by atoms with Gasteiger partial charge in [0.25, 0.3) is 6.43 Å². The van der Waals surface area contributed by atoms with Gasteiger partial charge in [-0.15, -0.1) is 0 Å². The molecule has 1 atom stereocenters. The van der Waals surface area contributed by atoms with Gasteiger partial charge in [-0.3, -0.25) is 0 Å². The molecular weight excluding hydrogens is 382 g/mol. The van der Waals surface area contributed by atoms with Crippen molar-refractivity contribution < 1.29 is 23.5 Å². The Balaban J connectivity index is 1.23. The third-order valence-electron chi connectivity index (χ3n) is 7.65. The van der Waals surface area contributed by atoms with E-state index >= 15 is 0 Å². The second kappa shape index (κ2) is 8.24. The van der Waals surface area contributed by atoms with Gasteiger partial charge in [0.05, 0.1) is 6.54 Å². The number of likely N-dealkylation sites (tertiary alicyclic amines) is 3. The molecule has 4 aliphatic rings. The molecule has 0 aromatic heterocycles. The summed E-state index contributed by atoms with van der Waals surface area (Å²) in [5.74, 6) is 0.439. The maximum atomic E-state index is 12.4.